The third-order valence-corrected chi connectivity index (χ3v) is 6.32. The van der Waals surface area contributed by atoms with Gasteiger partial charge in [0.05, 0.1) is 31.1 Å². The van der Waals surface area contributed by atoms with Crippen molar-refractivity contribution in [2.45, 2.75) is 11.3 Å². The first kappa shape index (κ1) is 21.2. The van der Waals surface area contributed by atoms with Crippen molar-refractivity contribution in [2.75, 3.05) is 39.5 Å². The van der Waals surface area contributed by atoms with Crippen molar-refractivity contribution < 1.29 is 27.1 Å². The van der Waals surface area contributed by atoms with Crippen LogP contribution in [0.15, 0.2) is 53.4 Å². The van der Waals surface area contributed by atoms with Gasteiger partial charge in [0.25, 0.3) is 0 Å². The van der Waals surface area contributed by atoms with E-state index in [0.717, 1.165) is 5.56 Å². The second kappa shape index (κ2) is 9.82. The number of ether oxygens (including phenoxy) is 2. The van der Waals surface area contributed by atoms with Crippen LogP contribution in [0.3, 0.4) is 0 Å². The Morgan fingerprint density at radius 1 is 1.07 bits per heavy atom. The average Bonchev–Trinajstić information content (AvgIpc) is 2.74. The Balaban J connectivity index is 1.43. The number of nitrogens with zero attached hydrogens (tertiary/aromatic N) is 1. The minimum atomic E-state index is -3.53. The van der Waals surface area contributed by atoms with Crippen LogP contribution in [0.25, 0.3) is 0 Å². The molecule has 1 amide bonds. The van der Waals surface area contributed by atoms with E-state index in [4.69, 9.17) is 9.47 Å². The van der Waals surface area contributed by atoms with Gasteiger partial charge in [-0.2, -0.15) is 4.31 Å². The lowest BCUT2D eigenvalue weighted by molar-refractivity contribution is -0.120. The van der Waals surface area contributed by atoms with Crippen molar-refractivity contribution in [1.82, 2.24) is 9.62 Å². The summed E-state index contributed by atoms with van der Waals surface area (Å²) in [6, 6.07) is 12.0. The zero-order chi connectivity index (χ0) is 20.7. The highest BCUT2D eigenvalue weighted by Gasteiger charge is 2.26. The Hall–Kier alpha value is -2.49. The lowest BCUT2D eigenvalue weighted by atomic mass is 10.1. The van der Waals surface area contributed by atoms with Crippen LogP contribution < -0.4 is 10.1 Å². The van der Waals surface area contributed by atoms with Gasteiger partial charge in [-0.15, -0.1) is 0 Å². The number of benzene rings is 2. The van der Waals surface area contributed by atoms with Gasteiger partial charge in [-0.25, -0.2) is 12.8 Å². The molecule has 1 aliphatic rings. The van der Waals surface area contributed by atoms with Gasteiger partial charge >= 0.3 is 0 Å². The first-order valence-electron chi connectivity index (χ1n) is 9.27. The molecule has 1 N–H and O–H groups in total. The quantitative estimate of drug-likeness (QED) is 0.653. The number of carbonyl (C=O) groups is 1. The molecule has 2 aromatic rings. The van der Waals surface area contributed by atoms with E-state index >= 15 is 0 Å². The Kier molecular flexibility index (Phi) is 7.18. The van der Waals surface area contributed by atoms with Crippen molar-refractivity contribution in [3.8, 4) is 5.75 Å². The van der Waals surface area contributed by atoms with Crippen molar-refractivity contribution in [2.24, 2.45) is 0 Å². The molecule has 0 bridgehead atoms. The summed E-state index contributed by atoms with van der Waals surface area (Å²) in [7, 11) is -3.53. The molecule has 156 valence electrons. The van der Waals surface area contributed by atoms with E-state index in [1.165, 1.54) is 28.6 Å². The third kappa shape index (κ3) is 5.99. The first-order valence-corrected chi connectivity index (χ1v) is 10.7. The minimum Gasteiger partial charge on any atom is -0.492 e. The molecule has 1 aliphatic heterocycles. The molecule has 0 aliphatic carbocycles. The minimum absolute atomic E-state index is 0.161. The molecule has 3 rings (SSSR count). The molecule has 0 atom stereocenters. The lowest BCUT2D eigenvalue weighted by Crippen LogP contribution is -2.40. The fraction of sp³-hybridized carbons (Fsp3) is 0.350. The van der Waals surface area contributed by atoms with Gasteiger partial charge in [0.2, 0.25) is 15.9 Å². The van der Waals surface area contributed by atoms with Crippen LogP contribution >= 0.6 is 0 Å². The predicted molar refractivity (Wildman–Crippen MR) is 105 cm³/mol. The van der Waals surface area contributed by atoms with Gasteiger partial charge in [0, 0.05) is 13.1 Å². The number of nitrogens with one attached hydrogen (secondary N) is 1. The monoisotopic (exact) mass is 422 g/mol. The van der Waals surface area contributed by atoms with Crippen molar-refractivity contribution >= 4 is 15.9 Å². The van der Waals surface area contributed by atoms with Crippen molar-refractivity contribution in [1.29, 1.82) is 0 Å². The van der Waals surface area contributed by atoms with Crippen LogP contribution in [0.1, 0.15) is 5.56 Å². The van der Waals surface area contributed by atoms with Crippen molar-refractivity contribution in [3.05, 3.63) is 59.9 Å². The van der Waals surface area contributed by atoms with Crippen LogP contribution in [-0.4, -0.2) is 58.1 Å². The summed E-state index contributed by atoms with van der Waals surface area (Å²) < 4.78 is 50.1. The van der Waals surface area contributed by atoms with E-state index in [2.05, 4.69) is 5.32 Å². The number of carbonyl (C=O) groups excluding carboxylic acids is 1. The van der Waals surface area contributed by atoms with E-state index in [-0.39, 0.29) is 29.6 Å². The third-order valence-electron chi connectivity index (χ3n) is 4.40. The average molecular weight is 422 g/mol. The van der Waals surface area contributed by atoms with Crippen LogP contribution in [0.2, 0.25) is 0 Å². The highest BCUT2D eigenvalue weighted by molar-refractivity contribution is 7.89. The smallest absolute Gasteiger partial charge is 0.243 e. The molecule has 0 spiro atoms. The van der Waals surface area contributed by atoms with Gasteiger partial charge in [-0.05, 0) is 42.0 Å². The number of morpholine rings is 1. The predicted octanol–water partition coefficient (Wildman–Crippen LogP) is 1.58. The summed E-state index contributed by atoms with van der Waals surface area (Å²) in [6.45, 7) is 2.02. The summed E-state index contributed by atoms with van der Waals surface area (Å²) in [5, 5.41) is 2.72. The van der Waals surface area contributed by atoms with E-state index in [1.807, 2.05) is 0 Å². The fourth-order valence-electron chi connectivity index (χ4n) is 2.85. The maximum absolute atomic E-state index is 12.9. The molecule has 9 heteroatoms. The SMILES string of the molecule is O=C(Cc1ccc(F)cc1)NCCOc1ccc(S(=O)(=O)N2CCOCC2)cc1. The van der Waals surface area contributed by atoms with Crippen molar-refractivity contribution in [3.63, 3.8) is 0 Å². The molecule has 1 saturated heterocycles. The van der Waals surface area contributed by atoms with Crippen LogP contribution in [0.5, 0.6) is 5.75 Å². The van der Waals surface area contributed by atoms with Gasteiger partial charge in [0.15, 0.2) is 0 Å². The van der Waals surface area contributed by atoms with Crippen LogP contribution in [0, 0.1) is 5.82 Å². The van der Waals surface area contributed by atoms with E-state index < -0.39 is 10.0 Å². The summed E-state index contributed by atoms with van der Waals surface area (Å²) in [5.41, 5.74) is 0.724. The standard InChI is InChI=1S/C20H23FN2O5S/c21-17-3-1-16(2-4-17)15-20(24)22-9-12-28-18-5-7-19(8-6-18)29(25,26)23-10-13-27-14-11-23/h1-8H,9-15H2,(H,22,24). The molecule has 7 nitrogen and oxygen atoms in total. The number of hydrogen-bond donors (Lipinski definition) is 1. The number of sulfonamides is 1. The molecule has 0 unspecified atom stereocenters. The Morgan fingerprint density at radius 2 is 1.72 bits per heavy atom. The zero-order valence-electron chi connectivity index (χ0n) is 15.8. The molecule has 1 heterocycles. The van der Waals surface area contributed by atoms with E-state index in [9.17, 15) is 17.6 Å². The Bertz CT molecular complexity index is 911. The van der Waals surface area contributed by atoms with Gasteiger partial charge in [0.1, 0.15) is 18.2 Å². The summed E-state index contributed by atoms with van der Waals surface area (Å²) in [6.07, 6.45) is 0.161. The molecule has 0 radical (unpaired) electrons. The number of rotatable bonds is 8. The zero-order valence-corrected chi connectivity index (χ0v) is 16.7. The second-order valence-corrected chi connectivity index (χ2v) is 8.43. The van der Waals surface area contributed by atoms with Gasteiger partial charge < -0.3 is 14.8 Å². The van der Waals surface area contributed by atoms with Crippen LogP contribution in [0.4, 0.5) is 4.39 Å². The second-order valence-electron chi connectivity index (χ2n) is 6.49. The van der Waals surface area contributed by atoms with Gasteiger partial charge in [-0.1, -0.05) is 12.1 Å². The molecule has 29 heavy (non-hydrogen) atoms. The highest BCUT2D eigenvalue weighted by Crippen LogP contribution is 2.20. The van der Waals surface area contributed by atoms with E-state index in [1.54, 1.807) is 24.3 Å². The molecule has 0 saturated carbocycles. The number of amides is 1. The van der Waals surface area contributed by atoms with Gasteiger partial charge in [-0.3, -0.25) is 4.79 Å². The highest BCUT2D eigenvalue weighted by atomic mass is 32.2. The Labute approximate surface area is 169 Å². The lowest BCUT2D eigenvalue weighted by Gasteiger charge is -2.26. The van der Waals surface area contributed by atoms with E-state index in [0.29, 0.717) is 38.6 Å². The molecular weight excluding hydrogens is 399 g/mol. The first-order chi connectivity index (χ1) is 13.9. The molecular formula is C20H23FN2O5S. The number of halogens is 1. The maximum Gasteiger partial charge on any atom is 0.243 e. The maximum atomic E-state index is 12.9. The molecule has 1 fully saturated rings. The normalized spacial score (nSPS) is 15.1. The summed E-state index contributed by atoms with van der Waals surface area (Å²) in [5.74, 6) is -0.0165. The summed E-state index contributed by atoms with van der Waals surface area (Å²) >= 11 is 0. The molecule has 2 aromatic carbocycles. The summed E-state index contributed by atoms with van der Waals surface area (Å²) in [4.78, 5) is 12.1. The fourth-order valence-corrected chi connectivity index (χ4v) is 4.26. The Morgan fingerprint density at radius 3 is 2.38 bits per heavy atom. The topological polar surface area (TPSA) is 84.9 Å². The largest absolute Gasteiger partial charge is 0.492 e. The number of hydrogen-bond acceptors (Lipinski definition) is 5. The van der Waals surface area contributed by atoms with Crippen LogP contribution in [-0.2, 0) is 26.0 Å². The molecule has 0 aromatic heterocycles.